The van der Waals surface area contributed by atoms with E-state index in [1.807, 2.05) is 0 Å². The van der Waals surface area contributed by atoms with Gasteiger partial charge in [-0.3, -0.25) is 9.82 Å². The van der Waals surface area contributed by atoms with Crippen molar-refractivity contribution in [2.45, 2.75) is 11.8 Å². The highest BCUT2D eigenvalue weighted by molar-refractivity contribution is 7.92. The number of H-pyrrole nitrogens is 1. The monoisotopic (exact) mass is 301 g/mol. The number of anilines is 1. The smallest absolute Gasteiger partial charge is 0.350 e. The fourth-order valence-corrected chi connectivity index (χ4v) is 3.49. The molecule has 0 amide bonds. The van der Waals surface area contributed by atoms with E-state index in [0.29, 0.717) is 5.69 Å². The van der Waals surface area contributed by atoms with E-state index in [0.717, 1.165) is 11.3 Å². The zero-order valence-electron chi connectivity index (χ0n) is 10.1. The molecule has 0 atom stereocenters. The summed E-state index contributed by atoms with van der Waals surface area (Å²) in [6, 6.07) is 1.50. The van der Waals surface area contributed by atoms with Gasteiger partial charge in [-0.15, -0.1) is 11.3 Å². The van der Waals surface area contributed by atoms with Gasteiger partial charge in [0.05, 0.1) is 24.7 Å². The van der Waals surface area contributed by atoms with Crippen LogP contribution in [0.5, 0.6) is 0 Å². The zero-order valence-corrected chi connectivity index (χ0v) is 11.8. The van der Waals surface area contributed by atoms with Crippen LogP contribution < -0.4 is 4.72 Å². The molecule has 2 aromatic rings. The predicted molar refractivity (Wildman–Crippen MR) is 69.8 cm³/mol. The van der Waals surface area contributed by atoms with Crippen molar-refractivity contribution in [3.05, 3.63) is 28.2 Å². The molecule has 0 aliphatic heterocycles. The highest BCUT2D eigenvalue weighted by Gasteiger charge is 2.22. The Morgan fingerprint density at radius 2 is 2.26 bits per heavy atom. The lowest BCUT2D eigenvalue weighted by molar-refractivity contribution is 0.0607. The number of nitrogens with zero attached hydrogens (tertiary/aromatic N) is 1. The van der Waals surface area contributed by atoms with E-state index in [9.17, 15) is 13.2 Å². The lowest BCUT2D eigenvalue weighted by atomic mass is 10.4. The summed E-state index contributed by atoms with van der Waals surface area (Å²) in [5.74, 6) is -0.586. The van der Waals surface area contributed by atoms with Gasteiger partial charge in [-0.2, -0.15) is 5.10 Å². The number of esters is 1. The number of sulfonamides is 1. The second-order valence-electron chi connectivity index (χ2n) is 3.62. The van der Waals surface area contributed by atoms with Crippen molar-refractivity contribution in [1.82, 2.24) is 10.2 Å². The van der Waals surface area contributed by atoms with E-state index in [1.165, 1.54) is 19.4 Å². The first-order chi connectivity index (χ1) is 8.95. The van der Waals surface area contributed by atoms with Crippen LogP contribution in [0.25, 0.3) is 0 Å². The largest absolute Gasteiger partial charge is 0.465 e. The number of aryl methyl sites for hydroxylation is 1. The summed E-state index contributed by atoms with van der Waals surface area (Å²) in [7, 11) is -2.54. The molecule has 0 spiro atoms. The number of hydrogen-bond donors (Lipinski definition) is 2. The molecule has 19 heavy (non-hydrogen) atoms. The molecule has 2 rings (SSSR count). The van der Waals surface area contributed by atoms with E-state index in [1.54, 1.807) is 12.3 Å². The van der Waals surface area contributed by atoms with Crippen molar-refractivity contribution >= 4 is 33.0 Å². The fraction of sp³-hybridized carbons (Fsp3) is 0.200. The third-order valence-electron chi connectivity index (χ3n) is 2.35. The van der Waals surface area contributed by atoms with E-state index < -0.39 is 16.0 Å². The predicted octanol–water partition coefficient (Wildman–Crippen LogP) is 1.37. The number of aromatic nitrogens is 2. The van der Waals surface area contributed by atoms with Crippen LogP contribution in [0, 0.1) is 6.92 Å². The second-order valence-corrected chi connectivity index (χ2v) is 6.19. The molecule has 0 aliphatic rings. The highest BCUT2D eigenvalue weighted by Crippen LogP contribution is 2.26. The van der Waals surface area contributed by atoms with Gasteiger partial charge in [0.15, 0.2) is 0 Å². The normalized spacial score (nSPS) is 11.3. The maximum absolute atomic E-state index is 12.1. The van der Waals surface area contributed by atoms with E-state index >= 15 is 0 Å². The van der Waals surface area contributed by atoms with Gasteiger partial charge in [0.1, 0.15) is 9.77 Å². The van der Waals surface area contributed by atoms with Crippen molar-refractivity contribution in [3.63, 3.8) is 0 Å². The first-order valence-electron chi connectivity index (χ1n) is 5.14. The minimum Gasteiger partial charge on any atom is -0.465 e. The summed E-state index contributed by atoms with van der Waals surface area (Å²) in [5, 5.41) is 7.81. The molecule has 2 aromatic heterocycles. The van der Waals surface area contributed by atoms with E-state index in [2.05, 4.69) is 19.7 Å². The summed E-state index contributed by atoms with van der Waals surface area (Å²) in [6.07, 6.45) is 1.21. The first kappa shape index (κ1) is 13.6. The maximum Gasteiger partial charge on any atom is 0.350 e. The van der Waals surface area contributed by atoms with Crippen molar-refractivity contribution < 1.29 is 17.9 Å². The number of rotatable bonds is 4. The molecule has 0 unspecified atom stereocenters. The molecule has 0 saturated carbocycles. The third-order valence-corrected chi connectivity index (χ3v) is 4.73. The number of thiophene rings is 1. The van der Waals surface area contributed by atoms with Gasteiger partial charge < -0.3 is 4.74 Å². The molecule has 9 heteroatoms. The Morgan fingerprint density at radius 3 is 2.84 bits per heavy atom. The Morgan fingerprint density at radius 1 is 1.53 bits per heavy atom. The number of nitrogens with one attached hydrogen (secondary N) is 2. The summed E-state index contributed by atoms with van der Waals surface area (Å²) < 4.78 is 31.2. The van der Waals surface area contributed by atoms with E-state index in [-0.39, 0.29) is 15.5 Å². The average molecular weight is 301 g/mol. The quantitative estimate of drug-likeness (QED) is 0.830. The molecule has 0 fully saturated rings. The van der Waals surface area contributed by atoms with Crippen LogP contribution in [-0.4, -0.2) is 31.7 Å². The Bertz CT molecular complexity index is 702. The molecule has 102 valence electrons. The first-order valence-corrected chi connectivity index (χ1v) is 7.50. The van der Waals surface area contributed by atoms with Gasteiger partial charge in [0.2, 0.25) is 0 Å². The second kappa shape index (κ2) is 5.02. The van der Waals surface area contributed by atoms with Crippen molar-refractivity contribution in [2.75, 3.05) is 11.8 Å². The summed E-state index contributed by atoms with van der Waals surface area (Å²) in [6.45, 7) is 1.59. The van der Waals surface area contributed by atoms with Crippen LogP contribution in [0.3, 0.4) is 0 Å². The van der Waals surface area contributed by atoms with Crippen LogP contribution in [0.15, 0.2) is 22.5 Å². The van der Waals surface area contributed by atoms with Crippen LogP contribution in [0.4, 0.5) is 5.69 Å². The van der Waals surface area contributed by atoms with Gasteiger partial charge in [-0.1, -0.05) is 0 Å². The fourth-order valence-electron chi connectivity index (χ4n) is 1.45. The van der Waals surface area contributed by atoms with Crippen LogP contribution in [-0.2, 0) is 14.8 Å². The Balaban J connectivity index is 2.35. The molecule has 0 radical (unpaired) electrons. The number of carbonyl (C=O) groups excluding carboxylic acids is 1. The number of hydrogen-bond acceptors (Lipinski definition) is 6. The lowest BCUT2D eigenvalue weighted by Gasteiger charge is -2.07. The Kier molecular flexibility index (Phi) is 3.58. The van der Waals surface area contributed by atoms with Crippen molar-refractivity contribution in [3.8, 4) is 0 Å². The van der Waals surface area contributed by atoms with Crippen molar-refractivity contribution in [1.29, 1.82) is 0 Å². The highest BCUT2D eigenvalue weighted by atomic mass is 32.2. The molecular weight excluding hydrogens is 290 g/mol. The zero-order chi connectivity index (χ0) is 14.0. The molecule has 0 saturated heterocycles. The molecular formula is C10H11N3O4S2. The molecule has 2 N–H and O–H groups in total. The Hall–Kier alpha value is -1.87. The summed E-state index contributed by atoms with van der Waals surface area (Å²) >= 11 is 1.10. The molecule has 0 bridgehead atoms. The summed E-state index contributed by atoms with van der Waals surface area (Å²) in [4.78, 5) is 11.7. The molecule has 7 nitrogen and oxygen atoms in total. The minimum atomic E-state index is -3.78. The van der Waals surface area contributed by atoms with Gasteiger partial charge in [-0.25, -0.2) is 13.2 Å². The van der Waals surface area contributed by atoms with Gasteiger partial charge in [0, 0.05) is 0 Å². The Labute approximate surface area is 113 Å². The van der Waals surface area contributed by atoms with Gasteiger partial charge in [-0.05, 0) is 18.4 Å². The van der Waals surface area contributed by atoms with Crippen LogP contribution >= 0.6 is 11.3 Å². The number of carbonyl (C=O) groups is 1. The number of methoxy groups -OCH3 is 1. The summed E-state index contributed by atoms with van der Waals surface area (Å²) in [5.41, 5.74) is 0.611. The minimum absolute atomic E-state index is 0.0366. The van der Waals surface area contributed by atoms with Gasteiger partial charge in [0.25, 0.3) is 10.0 Å². The van der Waals surface area contributed by atoms with Crippen LogP contribution in [0.2, 0.25) is 0 Å². The van der Waals surface area contributed by atoms with Crippen molar-refractivity contribution in [2.24, 2.45) is 0 Å². The SMILES string of the molecule is COC(=O)c1sccc1NS(=O)(=O)c1cn[nH]c1C. The standard InChI is InChI=1S/C10H11N3O4S2/c1-6-8(5-11-12-6)19(15,16)13-7-3-4-18-9(7)10(14)17-2/h3-5,13H,1-2H3,(H,11,12). The average Bonchev–Trinajstić information content (AvgIpc) is 2.96. The van der Waals surface area contributed by atoms with Gasteiger partial charge >= 0.3 is 5.97 Å². The third kappa shape index (κ3) is 2.61. The lowest BCUT2D eigenvalue weighted by Crippen LogP contribution is -2.15. The van der Waals surface area contributed by atoms with Crippen LogP contribution in [0.1, 0.15) is 15.4 Å². The number of aromatic amines is 1. The topological polar surface area (TPSA) is 101 Å². The molecule has 0 aliphatic carbocycles. The molecule has 0 aromatic carbocycles. The van der Waals surface area contributed by atoms with E-state index in [4.69, 9.17) is 0 Å². The number of ether oxygens (including phenoxy) is 1. The molecule has 2 heterocycles. The maximum atomic E-state index is 12.1.